The number of aryl methyl sites for hydroxylation is 1. The number of imidazole rings is 1. The molecule has 1 aliphatic heterocycles. The van der Waals surface area contributed by atoms with Gasteiger partial charge in [0.05, 0.1) is 30.3 Å². The van der Waals surface area contributed by atoms with E-state index in [-0.39, 0.29) is 29.1 Å². The van der Waals surface area contributed by atoms with Crippen molar-refractivity contribution >= 4 is 27.2 Å². The van der Waals surface area contributed by atoms with Crippen molar-refractivity contribution in [1.29, 1.82) is 0 Å². The van der Waals surface area contributed by atoms with Crippen molar-refractivity contribution in [3.63, 3.8) is 0 Å². The van der Waals surface area contributed by atoms with Crippen LogP contribution < -0.4 is 5.32 Å². The lowest BCUT2D eigenvalue weighted by molar-refractivity contribution is 0.0889. The maximum atomic E-state index is 13.7. The summed E-state index contributed by atoms with van der Waals surface area (Å²) in [4.78, 5) is 6.66. The number of rotatable bonds is 9. The molecule has 0 amide bonds. The van der Waals surface area contributed by atoms with E-state index >= 15 is 0 Å². The second-order valence-corrected chi connectivity index (χ2v) is 12.8. The monoisotopic (exact) mass is 532 g/mol. The van der Waals surface area contributed by atoms with Gasteiger partial charge in [-0.25, -0.2) is 13.4 Å². The first-order valence-corrected chi connectivity index (χ1v) is 15.3. The molecule has 36 heavy (non-hydrogen) atoms. The smallest absolute Gasteiger partial charge is 0.228 e. The lowest BCUT2D eigenvalue weighted by Crippen LogP contribution is -2.45. The van der Waals surface area contributed by atoms with Gasteiger partial charge in [0.2, 0.25) is 15.0 Å². The fourth-order valence-electron chi connectivity index (χ4n) is 5.33. The van der Waals surface area contributed by atoms with Crippen molar-refractivity contribution in [2.24, 2.45) is 0 Å². The second-order valence-electron chi connectivity index (χ2n) is 10.6. The Hall–Kier alpha value is -1.97. The molecule has 1 saturated carbocycles. The van der Waals surface area contributed by atoms with E-state index in [2.05, 4.69) is 29.0 Å². The molecule has 198 valence electrons. The molecule has 4 rings (SSSR count). The van der Waals surface area contributed by atoms with Crippen LogP contribution in [0.25, 0.3) is 0 Å². The number of thiocarbonyl (C=S) groups is 1. The van der Waals surface area contributed by atoms with E-state index in [0.29, 0.717) is 18.2 Å². The minimum atomic E-state index is -3.63. The lowest BCUT2D eigenvalue weighted by atomic mass is 9.95. The van der Waals surface area contributed by atoms with Gasteiger partial charge in [-0.1, -0.05) is 49.1 Å². The van der Waals surface area contributed by atoms with Crippen LogP contribution in [0.4, 0.5) is 0 Å². The van der Waals surface area contributed by atoms with Gasteiger partial charge in [0.1, 0.15) is 0 Å². The van der Waals surface area contributed by atoms with E-state index in [1.807, 2.05) is 35.8 Å². The van der Waals surface area contributed by atoms with Crippen LogP contribution in [0.3, 0.4) is 0 Å². The van der Waals surface area contributed by atoms with Crippen molar-refractivity contribution in [3.8, 4) is 0 Å². The van der Waals surface area contributed by atoms with E-state index < -0.39 is 9.84 Å². The predicted octanol–water partition coefficient (Wildman–Crippen LogP) is 4.93. The molecule has 1 unspecified atom stereocenters. The number of ether oxygens (including phenoxy) is 1. The summed E-state index contributed by atoms with van der Waals surface area (Å²) in [7, 11) is -3.63. The standard InChI is InChI=1S/C27H40N4O3S2/c1-20(2)29-26(35)30(18-25-13-8-14-34-25)17-24-16-28-27(31(24)23-11-5-4-6-12-23)36(32,33)19-22-10-7-9-21(3)15-22/h7,9-10,15-16,20,23,25H,4-6,8,11-14,17-19H2,1-3H3,(H,29,35). The van der Waals surface area contributed by atoms with Crippen LogP contribution in [0.1, 0.15) is 81.7 Å². The molecule has 0 radical (unpaired) electrons. The van der Waals surface area contributed by atoms with Crippen LogP contribution in [-0.2, 0) is 26.9 Å². The summed E-state index contributed by atoms with van der Waals surface area (Å²) in [6, 6.07) is 8.04. The van der Waals surface area contributed by atoms with Crippen molar-refractivity contribution in [2.45, 2.75) is 101 Å². The zero-order chi connectivity index (χ0) is 25.7. The number of nitrogens with one attached hydrogen (secondary N) is 1. The Morgan fingerprint density at radius 2 is 2.00 bits per heavy atom. The van der Waals surface area contributed by atoms with Crippen molar-refractivity contribution < 1.29 is 13.2 Å². The Bertz CT molecular complexity index is 1130. The van der Waals surface area contributed by atoms with Crippen molar-refractivity contribution in [2.75, 3.05) is 13.2 Å². The Balaban J connectivity index is 1.66. The Labute approximate surface area is 221 Å². The van der Waals surface area contributed by atoms with Gasteiger partial charge in [0.25, 0.3) is 0 Å². The number of aromatic nitrogens is 2. The third kappa shape index (κ3) is 6.86. The molecule has 1 aliphatic carbocycles. The molecule has 0 spiro atoms. The van der Waals surface area contributed by atoms with E-state index in [0.717, 1.165) is 62.0 Å². The van der Waals surface area contributed by atoms with Crippen LogP contribution in [0.5, 0.6) is 0 Å². The van der Waals surface area contributed by atoms with Crippen LogP contribution in [-0.4, -0.2) is 53.3 Å². The molecule has 2 heterocycles. The maximum absolute atomic E-state index is 13.7. The SMILES string of the molecule is Cc1cccc(CS(=O)(=O)c2ncc(CN(CC3CCCO3)C(=S)NC(C)C)n2C2CCCCC2)c1. The van der Waals surface area contributed by atoms with Crippen LogP contribution in [0.2, 0.25) is 0 Å². The molecule has 1 aromatic heterocycles. The third-order valence-electron chi connectivity index (χ3n) is 7.00. The van der Waals surface area contributed by atoms with E-state index in [1.165, 1.54) is 6.42 Å². The maximum Gasteiger partial charge on any atom is 0.228 e. The summed E-state index contributed by atoms with van der Waals surface area (Å²) in [6.45, 7) is 8.08. The van der Waals surface area contributed by atoms with Crippen molar-refractivity contribution in [3.05, 3.63) is 47.3 Å². The van der Waals surface area contributed by atoms with Crippen LogP contribution in [0.15, 0.2) is 35.6 Å². The van der Waals surface area contributed by atoms with Gasteiger partial charge in [0, 0.05) is 25.2 Å². The Kier molecular flexibility index (Phi) is 9.06. The molecule has 1 aromatic carbocycles. The minimum Gasteiger partial charge on any atom is -0.376 e. The topological polar surface area (TPSA) is 76.5 Å². The second kappa shape index (κ2) is 12.0. The van der Waals surface area contributed by atoms with Gasteiger partial charge < -0.3 is 19.5 Å². The van der Waals surface area contributed by atoms with Gasteiger partial charge in [-0.3, -0.25) is 0 Å². The quantitative estimate of drug-likeness (QED) is 0.459. The Morgan fingerprint density at radius 1 is 1.22 bits per heavy atom. The molecule has 0 bridgehead atoms. The minimum absolute atomic E-state index is 0.0508. The molecule has 2 aliphatic rings. The molecule has 7 nitrogen and oxygen atoms in total. The Morgan fingerprint density at radius 3 is 2.67 bits per heavy atom. The largest absolute Gasteiger partial charge is 0.376 e. The van der Waals surface area contributed by atoms with E-state index in [4.69, 9.17) is 17.0 Å². The number of hydrogen-bond donors (Lipinski definition) is 1. The average molecular weight is 533 g/mol. The highest BCUT2D eigenvalue weighted by atomic mass is 32.2. The van der Waals surface area contributed by atoms with E-state index in [9.17, 15) is 8.42 Å². The van der Waals surface area contributed by atoms with E-state index in [1.54, 1.807) is 6.20 Å². The van der Waals surface area contributed by atoms with Crippen molar-refractivity contribution in [1.82, 2.24) is 19.8 Å². The number of sulfone groups is 1. The summed E-state index contributed by atoms with van der Waals surface area (Å²) in [6.07, 6.45) is 9.29. The zero-order valence-electron chi connectivity index (χ0n) is 21.8. The van der Waals surface area contributed by atoms with Gasteiger partial charge in [0.15, 0.2) is 5.11 Å². The summed E-state index contributed by atoms with van der Waals surface area (Å²) in [5.41, 5.74) is 2.74. The summed E-state index contributed by atoms with van der Waals surface area (Å²) in [5, 5.41) is 4.22. The van der Waals surface area contributed by atoms with Gasteiger partial charge in [-0.15, -0.1) is 0 Å². The average Bonchev–Trinajstić information content (AvgIpc) is 3.49. The molecule has 2 aromatic rings. The fourth-order valence-corrected chi connectivity index (χ4v) is 7.23. The molecule has 9 heteroatoms. The highest BCUT2D eigenvalue weighted by molar-refractivity contribution is 7.90. The normalized spacial score (nSPS) is 19.1. The first-order chi connectivity index (χ1) is 17.2. The zero-order valence-corrected chi connectivity index (χ0v) is 23.4. The van der Waals surface area contributed by atoms with Crippen LogP contribution in [0, 0.1) is 6.92 Å². The first kappa shape index (κ1) is 27.1. The molecular formula is C27H40N4O3S2. The fraction of sp³-hybridized carbons (Fsp3) is 0.630. The number of hydrogen-bond acceptors (Lipinski definition) is 5. The third-order valence-corrected chi connectivity index (χ3v) is 8.94. The van der Waals surface area contributed by atoms with Crippen LogP contribution >= 0.6 is 12.2 Å². The predicted molar refractivity (Wildman–Crippen MR) is 147 cm³/mol. The molecule has 1 N–H and O–H groups in total. The van der Waals surface area contributed by atoms with Gasteiger partial charge >= 0.3 is 0 Å². The number of nitrogens with zero attached hydrogens (tertiary/aromatic N) is 3. The van der Waals surface area contributed by atoms with Gasteiger partial charge in [-0.05, 0) is 64.2 Å². The molecular weight excluding hydrogens is 492 g/mol. The summed E-state index contributed by atoms with van der Waals surface area (Å²) >= 11 is 5.78. The first-order valence-electron chi connectivity index (χ1n) is 13.2. The summed E-state index contributed by atoms with van der Waals surface area (Å²) in [5.74, 6) is -0.0508. The highest BCUT2D eigenvalue weighted by Crippen LogP contribution is 2.33. The molecule has 1 saturated heterocycles. The molecule has 1 atom stereocenters. The summed E-state index contributed by atoms with van der Waals surface area (Å²) < 4.78 is 35.3. The number of benzene rings is 1. The lowest BCUT2D eigenvalue weighted by Gasteiger charge is -2.31. The molecule has 2 fully saturated rings. The highest BCUT2D eigenvalue weighted by Gasteiger charge is 2.30. The van der Waals surface area contributed by atoms with Gasteiger partial charge in [-0.2, -0.15) is 0 Å².